The number of rotatable bonds is 3. The van der Waals surface area contributed by atoms with Gasteiger partial charge in [0, 0.05) is 24.8 Å². The number of likely N-dealkylation sites (tertiary alicyclic amines) is 1. The second-order valence-electron chi connectivity index (χ2n) is 7.93. The van der Waals surface area contributed by atoms with Gasteiger partial charge >= 0.3 is 13.2 Å². The van der Waals surface area contributed by atoms with Gasteiger partial charge in [-0.1, -0.05) is 24.3 Å². The fourth-order valence-corrected chi connectivity index (χ4v) is 3.32. The third kappa shape index (κ3) is 4.57. The van der Waals surface area contributed by atoms with E-state index in [1.165, 1.54) is 4.90 Å². The molecule has 6 nitrogen and oxygen atoms in total. The van der Waals surface area contributed by atoms with Crippen LogP contribution in [0.1, 0.15) is 39.2 Å². The SMILES string of the molecule is CC(C)(C)OC(=O)N1C[C@@H](F)C[C@H]1C1=NC=C(c2ccc(B(O)O)cc2)C1. The highest BCUT2D eigenvalue weighted by molar-refractivity contribution is 6.58. The molecule has 0 aliphatic carbocycles. The summed E-state index contributed by atoms with van der Waals surface area (Å²) in [6, 6.07) is 6.44. The summed E-state index contributed by atoms with van der Waals surface area (Å²) in [5, 5.41) is 18.4. The first-order valence-corrected chi connectivity index (χ1v) is 9.00. The molecular weight excluding hydrogens is 350 g/mol. The van der Waals surface area contributed by atoms with E-state index in [4.69, 9.17) is 4.74 Å². The predicted molar refractivity (Wildman–Crippen MR) is 103 cm³/mol. The number of benzene rings is 1. The van der Waals surface area contributed by atoms with Gasteiger partial charge in [-0.15, -0.1) is 0 Å². The number of carbonyl (C=O) groups is 1. The maximum Gasteiger partial charge on any atom is 0.488 e. The Morgan fingerprint density at radius 1 is 1.30 bits per heavy atom. The molecule has 1 aromatic carbocycles. The minimum Gasteiger partial charge on any atom is -0.444 e. The molecule has 2 aliphatic rings. The molecule has 8 heteroatoms. The summed E-state index contributed by atoms with van der Waals surface area (Å²) in [5.41, 5.74) is 2.34. The van der Waals surface area contributed by atoms with E-state index in [1.54, 1.807) is 51.2 Å². The third-order valence-electron chi connectivity index (χ3n) is 4.60. The molecule has 2 N–H and O–H groups in total. The zero-order valence-electron chi connectivity index (χ0n) is 15.7. The van der Waals surface area contributed by atoms with Crippen LogP contribution in [0.4, 0.5) is 9.18 Å². The van der Waals surface area contributed by atoms with Crippen molar-refractivity contribution >= 4 is 30.0 Å². The van der Waals surface area contributed by atoms with Gasteiger partial charge in [-0.2, -0.15) is 0 Å². The van der Waals surface area contributed by atoms with E-state index < -0.39 is 31.0 Å². The zero-order valence-corrected chi connectivity index (χ0v) is 15.7. The lowest BCUT2D eigenvalue weighted by molar-refractivity contribution is 0.0256. The Bertz CT molecular complexity index is 771. The molecule has 0 saturated carbocycles. The molecule has 0 spiro atoms. The van der Waals surface area contributed by atoms with E-state index in [0.29, 0.717) is 11.9 Å². The number of alkyl halides is 1. The average Bonchev–Trinajstić information content (AvgIpc) is 3.20. The lowest BCUT2D eigenvalue weighted by Crippen LogP contribution is -2.43. The first-order valence-electron chi connectivity index (χ1n) is 9.00. The molecule has 1 fully saturated rings. The summed E-state index contributed by atoms with van der Waals surface area (Å²) >= 11 is 0. The highest BCUT2D eigenvalue weighted by Gasteiger charge is 2.41. The number of aliphatic imine (C=N–C) groups is 1. The monoisotopic (exact) mass is 374 g/mol. The van der Waals surface area contributed by atoms with Crippen LogP contribution in [0, 0.1) is 0 Å². The van der Waals surface area contributed by atoms with Crippen molar-refractivity contribution in [3.8, 4) is 0 Å². The molecule has 2 atom stereocenters. The quantitative estimate of drug-likeness (QED) is 0.792. The predicted octanol–water partition coefficient (Wildman–Crippen LogP) is 1.90. The van der Waals surface area contributed by atoms with E-state index in [2.05, 4.69) is 4.99 Å². The lowest BCUT2D eigenvalue weighted by atomic mass is 9.79. The molecule has 0 aromatic heterocycles. The maximum absolute atomic E-state index is 14.0. The van der Waals surface area contributed by atoms with Crippen LogP contribution in [-0.2, 0) is 4.74 Å². The molecule has 1 amide bonds. The van der Waals surface area contributed by atoms with Crippen molar-refractivity contribution in [3.63, 3.8) is 0 Å². The minimum absolute atomic E-state index is 0.0109. The molecule has 144 valence electrons. The molecule has 1 saturated heterocycles. The zero-order chi connectivity index (χ0) is 19.8. The molecule has 0 bridgehead atoms. The van der Waals surface area contributed by atoms with Crippen LogP contribution in [-0.4, -0.2) is 58.2 Å². The molecule has 1 aromatic rings. The van der Waals surface area contributed by atoms with Gasteiger partial charge in [0.1, 0.15) is 11.8 Å². The lowest BCUT2D eigenvalue weighted by Gasteiger charge is -2.28. The molecule has 3 rings (SSSR count). The number of hydrogen-bond donors (Lipinski definition) is 2. The Kier molecular flexibility index (Phi) is 5.39. The minimum atomic E-state index is -1.51. The first kappa shape index (κ1) is 19.6. The smallest absolute Gasteiger partial charge is 0.444 e. The van der Waals surface area contributed by atoms with Crippen LogP contribution in [0.3, 0.4) is 0 Å². The molecule has 2 heterocycles. The van der Waals surface area contributed by atoms with Crippen molar-refractivity contribution in [1.29, 1.82) is 0 Å². The highest BCUT2D eigenvalue weighted by Crippen LogP contribution is 2.31. The summed E-state index contributed by atoms with van der Waals surface area (Å²) < 4.78 is 19.4. The number of amides is 1. The van der Waals surface area contributed by atoms with Crippen LogP contribution in [0.15, 0.2) is 35.5 Å². The highest BCUT2D eigenvalue weighted by atomic mass is 19.1. The van der Waals surface area contributed by atoms with Crippen LogP contribution < -0.4 is 5.46 Å². The number of nitrogens with zero attached hydrogens (tertiary/aromatic N) is 2. The van der Waals surface area contributed by atoms with Gasteiger partial charge in [-0.05, 0) is 37.4 Å². The molecule has 0 radical (unpaired) electrons. The summed E-state index contributed by atoms with van der Waals surface area (Å²) in [7, 11) is -1.51. The number of ether oxygens (including phenoxy) is 1. The molecule has 27 heavy (non-hydrogen) atoms. The fraction of sp³-hybridized carbons (Fsp3) is 0.474. The largest absolute Gasteiger partial charge is 0.488 e. The summed E-state index contributed by atoms with van der Waals surface area (Å²) in [4.78, 5) is 18.3. The average molecular weight is 374 g/mol. The summed E-state index contributed by atoms with van der Waals surface area (Å²) in [6.45, 7) is 5.35. The number of carbonyl (C=O) groups excluding carboxylic acids is 1. The van der Waals surface area contributed by atoms with Crippen molar-refractivity contribution in [1.82, 2.24) is 4.90 Å². The van der Waals surface area contributed by atoms with Crippen molar-refractivity contribution in [2.45, 2.75) is 51.4 Å². The van der Waals surface area contributed by atoms with Crippen molar-refractivity contribution in [2.24, 2.45) is 4.99 Å². The standard InChI is InChI=1S/C19H24BFN2O4/c1-19(2,3)27-18(24)23-11-15(21)9-17(23)16-8-13(10-22-16)12-4-6-14(7-5-12)20(25)26/h4-7,10,15,17,25-26H,8-9,11H2,1-3H3/t15-,17-/m0/s1. The van der Waals surface area contributed by atoms with E-state index in [-0.39, 0.29) is 13.0 Å². The normalized spacial score (nSPS) is 22.5. The fourth-order valence-electron chi connectivity index (χ4n) is 3.32. The molecule has 0 unspecified atom stereocenters. The Hall–Kier alpha value is -2.19. The number of halogens is 1. The van der Waals surface area contributed by atoms with Crippen LogP contribution in [0.2, 0.25) is 0 Å². The van der Waals surface area contributed by atoms with Gasteiger partial charge in [0.05, 0.1) is 12.6 Å². The van der Waals surface area contributed by atoms with E-state index >= 15 is 0 Å². The maximum atomic E-state index is 14.0. The Morgan fingerprint density at radius 2 is 1.96 bits per heavy atom. The topological polar surface area (TPSA) is 82.4 Å². The van der Waals surface area contributed by atoms with Crippen molar-refractivity contribution < 1.29 is 24.0 Å². The second kappa shape index (κ2) is 7.44. The van der Waals surface area contributed by atoms with Gasteiger partial charge in [-0.25, -0.2) is 9.18 Å². The molecular formula is C19H24BFN2O4. The van der Waals surface area contributed by atoms with Crippen LogP contribution in [0.5, 0.6) is 0 Å². The number of hydrogen-bond acceptors (Lipinski definition) is 5. The molecule has 2 aliphatic heterocycles. The van der Waals surface area contributed by atoms with Gasteiger partial charge in [-0.3, -0.25) is 9.89 Å². The summed E-state index contributed by atoms with van der Waals surface area (Å²) in [5.74, 6) is 0. The van der Waals surface area contributed by atoms with Gasteiger partial charge in [0.2, 0.25) is 0 Å². The van der Waals surface area contributed by atoms with Crippen LogP contribution in [0.25, 0.3) is 5.57 Å². The van der Waals surface area contributed by atoms with Gasteiger partial charge in [0.15, 0.2) is 0 Å². The second-order valence-corrected chi connectivity index (χ2v) is 7.93. The number of allylic oxidation sites excluding steroid dienone is 1. The Balaban J connectivity index is 1.69. The Labute approximate surface area is 158 Å². The van der Waals surface area contributed by atoms with Crippen molar-refractivity contribution in [3.05, 3.63) is 36.0 Å². The first-order chi connectivity index (χ1) is 12.6. The van der Waals surface area contributed by atoms with Gasteiger partial charge in [0.25, 0.3) is 0 Å². The van der Waals surface area contributed by atoms with E-state index in [0.717, 1.165) is 16.8 Å². The van der Waals surface area contributed by atoms with Crippen LogP contribution >= 0.6 is 0 Å². The van der Waals surface area contributed by atoms with E-state index in [1.807, 2.05) is 0 Å². The van der Waals surface area contributed by atoms with Gasteiger partial charge < -0.3 is 14.8 Å². The summed E-state index contributed by atoms with van der Waals surface area (Å²) in [6.07, 6.45) is 0.829. The third-order valence-corrected chi connectivity index (χ3v) is 4.60. The Morgan fingerprint density at radius 3 is 2.56 bits per heavy atom. The van der Waals surface area contributed by atoms with E-state index in [9.17, 15) is 19.2 Å². The van der Waals surface area contributed by atoms with Crippen molar-refractivity contribution in [2.75, 3.05) is 6.54 Å².